The standard InChI is InChI=1S/C34H36ClF3N4O7S2/c1-34(2,3)49-33(43)41-11-10-23(21-7-8-24(35)25(36)13-21)22(17-41)18-48-29-14-27(38)31(15-26(29)37)51(44,45)42(32-39-19-40-50-32)16-20-6-9-28(46-4)30(12-20)47-5/h6-9,12-15,19,22-23H,10-11,16-18H2,1-5H3/t22-,23?/m0/s1. The molecule has 2 atom stereocenters. The molecule has 2 heterocycles. The highest BCUT2D eigenvalue weighted by atomic mass is 35.5. The fourth-order valence-electron chi connectivity index (χ4n) is 5.69. The summed E-state index contributed by atoms with van der Waals surface area (Å²) in [5, 5.41) is -0.139. The number of sulfonamides is 1. The molecule has 3 aromatic carbocycles. The van der Waals surface area contributed by atoms with E-state index in [1.165, 1.54) is 31.3 Å². The largest absolute Gasteiger partial charge is 0.493 e. The number of hydrogen-bond donors (Lipinski definition) is 0. The number of carbonyl (C=O) groups excluding carboxylic acids is 1. The second-order valence-corrected chi connectivity index (χ2v) is 15.7. The first-order valence-corrected chi connectivity index (χ1v) is 18.3. The molecule has 1 aliphatic rings. The topological polar surface area (TPSA) is 120 Å². The van der Waals surface area contributed by atoms with Gasteiger partial charge in [0.05, 0.1) is 32.4 Å². The highest BCUT2D eigenvalue weighted by Gasteiger charge is 2.36. The molecule has 1 saturated heterocycles. The molecule has 11 nitrogen and oxygen atoms in total. The molecule has 0 N–H and O–H groups in total. The minimum Gasteiger partial charge on any atom is -0.493 e. The lowest BCUT2D eigenvalue weighted by Crippen LogP contribution is -2.46. The van der Waals surface area contributed by atoms with Crippen LogP contribution in [0.2, 0.25) is 5.02 Å². The Labute approximate surface area is 303 Å². The summed E-state index contributed by atoms with van der Waals surface area (Å²) in [6.45, 7) is 5.06. The predicted molar refractivity (Wildman–Crippen MR) is 185 cm³/mol. The van der Waals surface area contributed by atoms with Gasteiger partial charge in [-0.05, 0) is 68.5 Å². The summed E-state index contributed by atoms with van der Waals surface area (Å²) in [6, 6.07) is 10.3. The van der Waals surface area contributed by atoms with Crippen LogP contribution >= 0.6 is 23.1 Å². The smallest absolute Gasteiger partial charge is 0.410 e. The maximum absolute atomic E-state index is 15.8. The number of aromatic nitrogens is 2. The second-order valence-electron chi connectivity index (χ2n) is 12.7. The summed E-state index contributed by atoms with van der Waals surface area (Å²) in [7, 11) is -1.88. The van der Waals surface area contributed by atoms with Crippen LogP contribution in [-0.2, 0) is 21.3 Å². The quantitative estimate of drug-likeness (QED) is 0.153. The van der Waals surface area contributed by atoms with Crippen molar-refractivity contribution < 1.29 is 45.3 Å². The highest BCUT2D eigenvalue weighted by molar-refractivity contribution is 7.93. The molecule has 0 bridgehead atoms. The van der Waals surface area contributed by atoms with Crippen molar-refractivity contribution in [1.82, 2.24) is 14.3 Å². The Morgan fingerprint density at radius 1 is 1.00 bits per heavy atom. The van der Waals surface area contributed by atoms with E-state index in [4.69, 9.17) is 30.5 Å². The Kier molecular flexibility index (Phi) is 11.6. The van der Waals surface area contributed by atoms with E-state index in [-0.39, 0.29) is 35.8 Å². The number of hydrogen-bond acceptors (Lipinski definition) is 10. The Balaban J connectivity index is 1.41. The molecular weight excluding hydrogens is 733 g/mol. The Morgan fingerprint density at radius 3 is 2.39 bits per heavy atom. The zero-order valence-electron chi connectivity index (χ0n) is 28.4. The van der Waals surface area contributed by atoms with Gasteiger partial charge in [-0.1, -0.05) is 23.7 Å². The monoisotopic (exact) mass is 768 g/mol. The predicted octanol–water partition coefficient (Wildman–Crippen LogP) is 7.44. The van der Waals surface area contributed by atoms with E-state index in [1.54, 1.807) is 45.0 Å². The van der Waals surface area contributed by atoms with Crippen LogP contribution in [0.4, 0.5) is 23.1 Å². The van der Waals surface area contributed by atoms with Gasteiger partial charge in [-0.25, -0.2) is 35.7 Å². The number of halogens is 4. The summed E-state index contributed by atoms with van der Waals surface area (Å²) < 4.78 is 100. The lowest BCUT2D eigenvalue weighted by atomic mass is 9.81. The molecule has 4 aromatic rings. The fraction of sp³-hybridized carbons (Fsp3) is 0.382. The van der Waals surface area contributed by atoms with Crippen molar-refractivity contribution in [2.24, 2.45) is 5.92 Å². The lowest BCUT2D eigenvalue weighted by Gasteiger charge is -2.39. The molecule has 0 aliphatic carbocycles. The molecule has 51 heavy (non-hydrogen) atoms. The average Bonchev–Trinajstić information content (AvgIpc) is 3.62. The van der Waals surface area contributed by atoms with Gasteiger partial charge in [-0.15, -0.1) is 0 Å². The first-order valence-electron chi connectivity index (χ1n) is 15.7. The van der Waals surface area contributed by atoms with Crippen LogP contribution < -0.4 is 18.5 Å². The molecular formula is C34H36ClF3N4O7S2. The SMILES string of the molecule is COc1ccc(CN(c2ncns2)S(=O)(=O)c2cc(F)c(OC[C@@H]3CN(C(=O)OC(C)(C)C)CCC3c3ccc(Cl)c(F)c3)cc2F)cc1OC. The van der Waals surface area contributed by atoms with Gasteiger partial charge in [0.1, 0.15) is 28.5 Å². The zero-order chi connectivity index (χ0) is 37.1. The number of carbonyl (C=O) groups is 1. The number of amides is 1. The summed E-state index contributed by atoms with van der Waals surface area (Å²) in [5.41, 5.74) is 0.277. The molecule has 17 heteroatoms. The number of ether oxygens (including phenoxy) is 4. The van der Waals surface area contributed by atoms with Crippen molar-refractivity contribution in [2.75, 3.05) is 38.2 Å². The van der Waals surface area contributed by atoms with Crippen molar-refractivity contribution in [3.05, 3.63) is 88.5 Å². The number of likely N-dealkylation sites (tertiary alicyclic amines) is 1. The van der Waals surface area contributed by atoms with Crippen LogP contribution in [0.3, 0.4) is 0 Å². The van der Waals surface area contributed by atoms with Crippen LogP contribution in [0.1, 0.15) is 44.2 Å². The summed E-state index contributed by atoms with van der Waals surface area (Å²) in [4.78, 5) is 17.4. The fourth-order valence-corrected chi connectivity index (χ4v) is 8.00. The molecule has 1 aromatic heterocycles. The number of rotatable bonds is 11. The third kappa shape index (κ3) is 8.79. The Morgan fingerprint density at radius 2 is 1.75 bits per heavy atom. The summed E-state index contributed by atoms with van der Waals surface area (Å²) in [5.74, 6) is -3.72. The first-order chi connectivity index (χ1) is 24.1. The van der Waals surface area contributed by atoms with Crippen LogP contribution in [0.5, 0.6) is 17.2 Å². The molecule has 0 saturated carbocycles. The second kappa shape index (κ2) is 15.5. The number of anilines is 1. The van der Waals surface area contributed by atoms with E-state index in [2.05, 4.69) is 9.36 Å². The van der Waals surface area contributed by atoms with E-state index >= 15 is 8.78 Å². The molecule has 1 unspecified atom stereocenters. The van der Waals surface area contributed by atoms with Crippen molar-refractivity contribution in [3.63, 3.8) is 0 Å². The van der Waals surface area contributed by atoms with E-state index in [9.17, 15) is 17.6 Å². The first kappa shape index (κ1) is 38.0. The lowest BCUT2D eigenvalue weighted by molar-refractivity contribution is 0.0110. The zero-order valence-corrected chi connectivity index (χ0v) is 30.8. The normalized spacial score (nSPS) is 16.5. The molecule has 1 amide bonds. The maximum atomic E-state index is 15.8. The van der Waals surface area contributed by atoms with Crippen molar-refractivity contribution in [3.8, 4) is 17.2 Å². The van der Waals surface area contributed by atoms with Gasteiger partial charge in [-0.2, -0.15) is 4.37 Å². The minimum absolute atomic E-state index is 0.0567. The summed E-state index contributed by atoms with van der Waals surface area (Å²) in [6.07, 6.45) is 0.976. The molecule has 1 fully saturated rings. The van der Waals surface area contributed by atoms with E-state index in [0.29, 0.717) is 47.7 Å². The molecule has 5 rings (SSSR count). The van der Waals surface area contributed by atoms with E-state index in [0.717, 1.165) is 22.2 Å². The summed E-state index contributed by atoms with van der Waals surface area (Å²) >= 11 is 6.66. The van der Waals surface area contributed by atoms with Crippen LogP contribution in [-0.4, -0.2) is 68.3 Å². The van der Waals surface area contributed by atoms with Crippen molar-refractivity contribution in [1.29, 1.82) is 0 Å². The number of nitrogens with zero attached hydrogens (tertiary/aromatic N) is 4. The van der Waals surface area contributed by atoms with Gasteiger partial charge >= 0.3 is 6.09 Å². The van der Waals surface area contributed by atoms with E-state index in [1.807, 2.05) is 0 Å². The third-order valence-electron chi connectivity index (χ3n) is 8.10. The minimum atomic E-state index is -4.75. The number of methoxy groups -OCH3 is 2. The van der Waals surface area contributed by atoms with Gasteiger partial charge in [0.25, 0.3) is 10.0 Å². The van der Waals surface area contributed by atoms with Gasteiger partial charge < -0.3 is 23.8 Å². The molecule has 0 spiro atoms. The Bertz CT molecular complexity index is 1980. The van der Waals surface area contributed by atoms with E-state index < -0.39 is 55.7 Å². The third-order valence-corrected chi connectivity index (χ3v) is 11.0. The van der Waals surface area contributed by atoms with Crippen LogP contribution in [0.15, 0.2) is 59.8 Å². The van der Waals surface area contributed by atoms with Crippen LogP contribution in [0, 0.1) is 23.4 Å². The van der Waals surface area contributed by atoms with Crippen molar-refractivity contribution in [2.45, 2.75) is 50.2 Å². The molecule has 1 aliphatic heterocycles. The van der Waals surface area contributed by atoms with Crippen LogP contribution in [0.25, 0.3) is 0 Å². The molecule has 274 valence electrons. The van der Waals surface area contributed by atoms with Gasteiger partial charge in [0.2, 0.25) is 5.13 Å². The van der Waals surface area contributed by atoms with Gasteiger partial charge in [0, 0.05) is 42.7 Å². The van der Waals surface area contributed by atoms with Gasteiger partial charge in [0.15, 0.2) is 23.1 Å². The maximum Gasteiger partial charge on any atom is 0.410 e. The van der Waals surface area contributed by atoms with Crippen molar-refractivity contribution >= 4 is 44.4 Å². The van der Waals surface area contributed by atoms with Gasteiger partial charge in [-0.3, -0.25) is 0 Å². The Hall–Kier alpha value is -4.28. The average molecular weight is 769 g/mol. The highest BCUT2D eigenvalue weighted by Crippen LogP contribution is 2.37. The number of benzene rings is 3. The number of piperidine rings is 1. The molecule has 0 radical (unpaired) electrons.